The standard InChI is InChI=1S/C9H10BrClO4S/c1-14-8-3-6(5-16(11,12)13)7(10)4-9(8)15-2/h3-4H,5H2,1-2H3. The first-order valence-electron chi connectivity index (χ1n) is 4.20. The molecule has 0 radical (unpaired) electrons. The quantitative estimate of drug-likeness (QED) is 0.797. The smallest absolute Gasteiger partial charge is 0.236 e. The van der Waals surface area contributed by atoms with Crippen LogP contribution in [0.25, 0.3) is 0 Å². The van der Waals surface area contributed by atoms with E-state index < -0.39 is 9.05 Å². The highest BCUT2D eigenvalue weighted by molar-refractivity contribution is 9.10. The van der Waals surface area contributed by atoms with E-state index in [1.54, 1.807) is 12.1 Å². The van der Waals surface area contributed by atoms with E-state index in [2.05, 4.69) is 15.9 Å². The van der Waals surface area contributed by atoms with Gasteiger partial charge in [0.05, 0.1) is 20.0 Å². The summed E-state index contributed by atoms with van der Waals surface area (Å²) >= 11 is 3.25. The van der Waals surface area contributed by atoms with Gasteiger partial charge in [-0.1, -0.05) is 15.9 Å². The van der Waals surface area contributed by atoms with Gasteiger partial charge in [-0.15, -0.1) is 0 Å². The van der Waals surface area contributed by atoms with Crippen molar-refractivity contribution in [3.05, 3.63) is 22.2 Å². The zero-order valence-electron chi connectivity index (χ0n) is 8.66. The Morgan fingerprint density at radius 1 is 1.25 bits per heavy atom. The maximum Gasteiger partial charge on any atom is 0.236 e. The lowest BCUT2D eigenvalue weighted by Crippen LogP contribution is -1.98. The Labute approximate surface area is 107 Å². The number of hydrogen-bond acceptors (Lipinski definition) is 4. The summed E-state index contributed by atoms with van der Waals surface area (Å²) < 4.78 is 32.7. The number of hydrogen-bond donors (Lipinski definition) is 0. The van der Waals surface area contributed by atoms with E-state index >= 15 is 0 Å². The van der Waals surface area contributed by atoms with Gasteiger partial charge in [0.25, 0.3) is 0 Å². The van der Waals surface area contributed by atoms with Gasteiger partial charge in [-0.2, -0.15) is 0 Å². The van der Waals surface area contributed by atoms with Gasteiger partial charge in [-0.3, -0.25) is 0 Å². The molecule has 90 valence electrons. The van der Waals surface area contributed by atoms with E-state index in [-0.39, 0.29) is 5.75 Å². The van der Waals surface area contributed by atoms with E-state index in [0.29, 0.717) is 21.5 Å². The minimum Gasteiger partial charge on any atom is -0.493 e. The lowest BCUT2D eigenvalue weighted by Gasteiger charge is -2.10. The van der Waals surface area contributed by atoms with Crippen LogP contribution in [0.5, 0.6) is 11.5 Å². The van der Waals surface area contributed by atoms with Crippen LogP contribution < -0.4 is 9.47 Å². The summed E-state index contributed by atoms with van der Waals surface area (Å²) in [5, 5.41) is 0. The third-order valence-corrected chi connectivity index (χ3v) is 3.60. The van der Waals surface area contributed by atoms with E-state index in [9.17, 15) is 8.42 Å². The molecule has 0 aliphatic heterocycles. The summed E-state index contributed by atoms with van der Waals surface area (Å²) in [7, 11) is 4.57. The van der Waals surface area contributed by atoms with Crippen LogP contribution in [0.3, 0.4) is 0 Å². The third kappa shape index (κ3) is 3.54. The zero-order chi connectivity index (χ0) is 12.3. The van der Waals surface area contributed by atoms with Crippen molar-refractivity contribution in [2.45, 2.75) is 5.75 Å². The molecular weight excluding hydrogens is 320 g/mol. The molecule has 0 aliphatic carbocycles. The van der Waals surface area contributed by atoms with Crippen molar-refractivity contribution < 1.29 is 17.9 Å². The van der Waals surface area contributed by atoms with Crippen molar-refractivity contribution in [2.75, 3.05) is 14.2 Å². The highest BCUT2D eigenvalue weighted by Crippen LogP contribution is 2.34. The summed E-state index contributed by atoms with van der Waals surface area (Å²) in [6, 6.07) is 3.21. The minimum atomic E-state index is -3.60. The topological polar surface area (TPSA) is 52.6 Å². The molecule has 16 heavy (non-hydrogen) atoms. The van der Waals surface area contributed by atoms with Crippen LogP contribution >= 0.6 is 26.6 Å². The van der Waals surface area contributed by atoms with E-state index in [0.717, 1.165) is 0 Å². The summed E-state index contributed by atoms with van der Waals surface area (Å²) in [6.45, 7) is 0. The fourth-order valence-electron chi connectivity index (χ4n) is 1.19. The number of methoxy groups -OCH3 is 2. The number of rotatable bonds is 4. The van der Waals surface area contributed by atoms with Crippen LogP contribution in [0.1, 0.15) is 5.56 Å². The molecule has 0 fully saturated rings. The predicted octanol–water partition coefficient (Wildman–Crippen LogP) is 2.53. The second-order valence-corrected chi connectivity index (χ2v) is 6.61. The highest BCUT2D eigenvalue weighted by atomic mass is 79.9. The first-order chi connectivity index (χ1) is 7.37. The molecule has 0 spiro atoms. The highest BCUT2D eigenvalue weighted by Gasteiger charge is 2.14. The molecule has 0 unspecified atom stereocenters. The fourth-order valence-corrected chi connectivity index (χ4v) is 2.80. The molecule has 0 bridgehead atoms. The van der Waals surface area contributed by atoms with Crippen molar-refractivity contribution in [3.63, 3.8) is 0 Å². The monoisotopic (exact) mass is 328 g/mol. The van der Waals surface area contributed by atoms with E-state index in [1.165, 1.54) is 14.2 Å². The van der Waals surface area contributed by atoms with Gasteiger partial charge in [-0.05, 0) is 17.7 Å². The SMILES string of the molecule is COc1cc(Br)c(CS(=O)(=O)Cl)cc1OC. The summed E-state index contributed by atoms with van der Waals surface area (Å²) in [4.78, 5) is 0. The average Bonchev–Trinajstić information content (AvgIpc) is 2.18. The summed E-state index contributed by atoms with van der Waals surface area (Å²) in [6.07, 6.45) is 0. The van der Waals surface area contributed by atoms with Crippen LogP contribution in [0.4, 0.5) is 0 Å². The van der Waals surface area contributed by atoms with Crippen LogP contribution in [-0.4, -0.2) is 22.6 Å². The molecule has 7 heteroatoms. The van der Waals surface area contributed by atoms with Gasteiger partial charge in [0, 0.05) is 15.2 Å². The Morgan fingerprint density at radius 3 is 2.19 bits per heavy atom. The van der Waals surface area contributed by atoms with Gasteiger partial charge < -0.3 is 9.47 Å². The summed E-state index contributed by atoms with van der Waals surface area (Å²) in [5.74, 6) is 0.710. The Morgan fingerprint density at radius 2 is 1.75 bits per heavy atom. The van der Waals surface area contributed by atoms with Gasteiger partial charge >= 0.3 is 0 Å². The fraction of sp³-hybridized carbons (Fsp3) is 0.333. The van der Waals surface area contributed by atoms with E-state index in [1.807, 2.05) is 0 Å². The van der Waals surface area contributed by atoms with Crippen molar-refractivity contribution in [3.8, 4) is 11.5 Å². The summed E-state index contributed by atoms with van der Waals surface area (Å²) in [5.41, 5.74) is 0.521. The Bertz CT molecular complexity index is 487. The largest absolute Gasteiger partial charge is 0.493 e. The molecule has 4 nitrogen and oxygen atoms in total. The second-order valence-electron chi connectivity index (χ2n) is 2.98. The number of halogens is 2. The predicted molar refractivity (Wildman–Crippen MR) is 65.7 cm³/mol. The normalized spacial score (nSPS) is 11.2. The molecule has 0 N–H and O–H groups in total. The molecule has 1 aromatic carbocycles. The molecule has 1 aromatic rings. The van der Waals surface area contributed by atoms with Crippen LogP contribution in [0.2, 0.25) is 0 Å². The first-order valence-corrected chi connectivity index (χ1v) is 7.47. The molecule has 0 heterocycles. The Hall–Kier alpha value is -0.460. The number of ether oxygens (including phenoxy) is 2. The Kier molecular flexibility index (Phi) is 4.46. The van der Waals surface area contributed by atoms with E-state index in [4.69, 9.17) is 20.2 Å². The zero-order valence-corrected chi connectivity index (χ0v) is 11.8. The molecule has 0 amide bonds. The lowest BCUT2D eigenvalue weighted by molar-refractivity contribution is 0.354. The van der Waals surface area contributed by atoms with Crippen molar-refractivity contribution in [2.24, 2.45) is 0 Å². The van der Waals surface area contributed by atoms with Crippen LogP contribution in [0.15, 0.2) is 16.6 Å². The average molecular weight is 330 g/mol. The van der Waals surface area contributed by atoms with Gasteiger partial charge in [0.15, 0.2) is 11.5 Å². The minimum absolute atomic E-state index is 0.268. The van der Waals surface area contributed by atoms with Gasteiger partial charge in [0.2, 0.25) is 9.05 Å². The van der Waals surface area contributed by atoms with Crippen molar-refractivity contribution in [1.82, 2.24) is 0 Å². The van der Waals surface area contributed by atoms with Gasteiger partial charge in [0.1, 0.15) is 0 Å². The second kappa shape index (κ2) is 5.25. The Balaban J connectivity index is 3.21. The van der Waals surface area contributed by atoms with Gasteiger partial charge in [-0.25, -0.2) is 8.42 Å². The lowest BCUT2D eigenvalue weighted by atomic mass is 10.2. The molecule has 0 aromatic heterocycles. The van der Waals surface area contributed by atoms with Crippen molar-refractivity contribution >= 4 is 35.7 Å². The maximum atomic E-state index is 11.0. The molecule has 0 atom stereocenters. The molecular formula is C9H10BrClO4S. The number of benzene rings is 1. The van der Waals surface area contributed by atoms with Crippen LogP contribution in [-0.2, 0) is 14.8 Å². The molecule has 0 aliphatic rings. The third-order valence-electron chi connectivity index (χ3n) is 1.88. The molecule has 0 saturated heterocycles. The molecule has 1 rings (SSSR count). The van der Waals surface area contributed by atoms with Crippen LogP contribution in [0, 0.1) is 0 Å². The van der Waals surface area contributed by atoms with Crippen molar-refractivity contribution in [1.29, 1.82) is 0 Å². The molecule has 0 saturated carbocycles. The first kappa shape index (κ1) is 13.6. The maximum absolute atomic E-state index is 11.0.